The Morgan fingerprint density at radius 2 is 2.17 bits per heavy atom. The van der Waals surface area contributed by atoms with Gasteiger partial charge in [0.25, 0.3) is 0 Å². The van der Waals surface area contributed by atoms with E-state index in [1.54, 1.807) is 6.92 Å². The third-order valence-corrected chi connectivity index (χ3v) is 3.88. The molecule has 3 nitrogen and oxygen atoms in total. The normalized spacial score (nSPS) is 33.8. The van der Waals surface area contributed by atoms with Crippen molar-refractivity contribution in [1.29, 1.82) is 0 Å². The van der Waals surface area contributed by atoms with Crippen LogP contribution >= 0.6 is 0 Å². The highest BCUT2D eigenvalue weighted by Crippen LogP contribution is 2.52. The SMILES string of the molecule is C1=CC2C3C=CC(C3)C2C1.C=CC(=O)OOCC. The van der Waals surface area contributed by atoms with E-state index in [1.807, 2.05) is 0 Å². The summed E-state index contributed by atoms with van der Waals surface area (Å²) in [6.45, 7) is 5.24. The molecule has 18 heavy (non-hydrogen) atoms. The Labute approximate surface area is 108 Å². The Balaban J connectivity index is 0.000000139. The molecule has 3 aliphatic carbocycles. The zero-order valence-electron chi connectivity index (χ0n) is 10.7. The smallest absolute Gasteiger partial charge is 0.294 e. The second-order valence-electron chi connectivity index (χ2n) is 4.87. The zero-order valence-corrected chi connectivity index (χ0v) is 10.7. The fourth-order valence-electron chi connectivity index (χ4n) is 3.12. The molecule has 0 aromatic carbocycles. The first kappa shape index (κ1) is 13.1. The van der Waals surface area contributed by atoms with Crippen LogP contribution in [-0.4, -0.2) is 12.6 Å². The Hall–Kier alpha value is -1.35. The van der Waals surface area contributed by atoms with Crippen molar-refractivity contribution in [2.24, 2.45) is 23.7 Å². The lowest BCUT2D eigenvalue weighted by Crippen LogP contribution is -2.12. The maximum Gasteiger partial charge on any atom is 0.365 e. The highest BCUT2D eigenvalue weighted by molar-refractivity contribution is 5.80. The lowest BCUT2D eigenvalue weighted by molar-refractivity contribution is -0.264. The lowest BCUT2D eigenvalue weighted by atomic mass is 9.86. The molecular weight excluding hydrogens is 228 g/mol. The van der Waals surface area contributed by atoms with Crippen molar-refractivity contribution in [3.05, 3.63) is 37.0 Å². The van der Waals surface area contributed by atoms with Crippen molar-refractivity contribution in [1.82, 2.24) is 0 Å². The van der Waals surface area contributed by atoms with Crippen LogP contribution in [0.2, 0.25) is 0 Å². The number of hydrogen-bond donors (Lipinski definition) is 0. The second-order valence-corrected chi connectivity index (χ2v) is 4.87. The van der Waals surface area contributed by atoms with Crippen LogP contribution < -0.4 is 0 Å². The molecule has 0 aliphatic heterocycles. The molecule has 0 saturated heterocycles. The van der Waals surface area contributed by atoms with Gasteiger partial charge in [0.2, 0.25) is 0 Å². The van der Waals surface area contributed by atoms with Gasteiger partial charge in [-0.15, -0.1) is 0 Å². The van der Waals surface area contributed by atoms with Gasteiger partial charge in [0.05, 0.1) is 6.61 Å². The summed E-state index contributed by atoms with van der Waals surface area (Å²) in [5.74, 6) is 3.26. The monoisotopic (exact) mass is 248 g/mol. The van der Waals surface area contributed by atoms with Crippen molar-refractivity contribution in [2.45, 2.75) is 19.8 Å². The molecular formula is C15H20O3. The lowest BCUT2D eigenvalue weighted by Gasteiger charge is -2.18. The molecule has 1 fully saturated rings. The molecule has 0 aromatic heterocycles. The van der Waals surface area contributed by atoms with Crippen molar-refractivity contribution in [2.75, 3.05) is 6.61 Å². The van der Waals surface area contributed by atoms with E-state index < -0.39 is 5.97 Å². The Morgan fingerprint density at radius 1 is 1.39 bits per heavy atom. The first-order valence-electron chi connectivity index (χ1n) is 6.57. The quantitative estimate of drug-likeness (QED) is 0.333. The molecule has 3 aliphatic rings. The first-order valence-corrected chi connectivity index (χ1v) is 6.57. The summed E-state index contributed by atoms with van der Waals surface area (Å²) in [6.07, 6.45) is 13.5. The molecule has 3 rings (SSSR count). The Kier molecular flexibility index (Phi) is 4.37. The van der Waals surface area contributed by atoms with Gasteiger partial charge in [0, 0.05) is 6.08 Å². The molecule has 0 amide bonds. The fraction of sp³-hybridized carbons (Fsp3) is 0.533. The minimum atomic E-state index is -0.563. The molecule has 0 radical (unpaired) electrons. The molecule has 3 heteroatoms. The topological polar surface area (TPSA) is 35.5 Å². The summed E-state index contributed by atoms with van der Waals surface area (Å²) in [7, 11) is 0. The van der Waals surface area contributed by atoms with Gasteiger partial charge in [0.1, 0.15) is 0 Å². The molecule has 0 aromatic rings. The third-order valence-electron chi connectivity index (χ3n) is 3.88. The largest absolute Gasteiger partial charge is 0.365 e. The van der Waals surface area contributed by atoms with Gasteiger partial charge < -0.3 is 0 Å². The van der Waals surface area contributed by atoms with Crippen LogP contribution in [0.5, 0.6) is 0 Å². The van der Waals surface area contributed by atoms with Gasteiger partial charge >= 0.3 is 5.97 Å². The Morgan fingerprint density at radius 3 is 2.83 bits per heavy atom. The van der Waals surface area contributed by atoms with Crippen molar-refractivity contribution < 1.29 is 14.6 Å². The minimum absolute atomic E-state index is 0.361. The molecule has 0 N–H and O–H groups in total. The maximum atomic E-state index is 10.1. The molecule has 0 heterocycles. The van der Waals surface area contributed by atoms with Gasteiger partial charge in [-0.3, -0.25) is 4.89 Å². The van der Waals surface area contributed by atoms with E-state index in [2.05, 4.69) is 40.7 Å². The number of carbonyl (C=O) groups excluding carboxylic acids is 1. The number of fused-ring (bicyclic) bond motifs is 5. The van der Waals surface area contributed by atoms with E-state index in [0.717, 1.165) is 29.7 Å². The third kappa shape index (κ3) is 2.72. The molecule has 4 atom stereocenters. The van der Waals surface area contributed by atoms with Crippen LogP contribution in [0.25, 0.3) is 0 Å². The number of rotatable bonds is 3. The summed E-state index contributed by atoms with van der Waals surface area (Å²) >= 11 is 0. The zero-order chi connectivity index (χ0) is 13.0. The van der Waals surface area contributed by atoms with Gasteiger partial charge in [0.15, 0.2) is 0 Å². The van der Waals surface area contributed by atoms with Crippen LogP contribution in [0, 0.1) is 23.7 Å². The first-order chi connectivity index (χ1) is 8.76. The van der Waals surface area contributed by atoms with Gasteiger partial charge in [-0.05, 0) is 43.4 Å². The van der Waals surface area contributed by atoms with E-state index in [4.69, 9.17) is 0 Å². The van der Waals surface area contributed by atoms with Crippen molar-refractivity contribution in [3.63, 3.8) is 0 Å². The van der Waals surface area contributed by atoms with Crippen LogP contribution in [0.4, 0.5) is 0 Å². The molecule has 4 unspecified atom stereocenters. The second kappa shape index (κ2) is 6.01. The van der Waals surface area contributed by atoms with Crippen molar-refractivity contribution in [3.8, 4) is 0 Å². The van der Waals surface area contributed by atoms with Gasteiger partial charge in [-0.1, -0.05) is 30.9 Å². The number of hydrogen-bond acceptors (Lipinski definition) is 3. The fourth-order valence-corrected chi connectivity index (χ4v) is 3.12. The predicted octanol–water partition coefficient (Wildman–Crippen LogP) is 3.05. The van der Waals surface area contributed by atoms with E-state index in [-0.39, 0.29) is 0 Å². The van der Waals surface area contributed by atoms with E-state index in [9.17, 15) is 4.79 Å². The summed E-state index contributed by atoms with van der Waals surface area (Å²) in [5, 5.41) is 0. The van der Waals surface area contributed by atoms with Crippen LogP contribution in [0.1, 0.15) is 19.8 Å². The van der Waals surface area contributed by atoms with Crippen LogP contribution in [0.3, 0.4) is 0 Å². The van der Waals surface area contributed by atoms with E-state index in [1.165, 1.54) is 12.8 Å². The Bertz CT molecular complexity index is 370. The minimum Gasteiger partial charge on any atom is -0.294 e. The van der Waals surface area contributed by atoms with Crippen molar-refractivity contribution >= 4 is 5.97 Å². The van der Waals surface area contributed by atoms with Gasteiger partial charge in [-0.25, -0.2) is 4.79 Å². The predicted molar refractivity (Wildman–Crippen MR) is 69.4 cm³/mol. The van der Waals surface area contributed by atoms with Crippen LogP contribution in [0.15, 0.2) is 37.0 Å². The summed E-state index contributed by atoms with van der Waals surface area (Å²) in [5.41, 5.74) is 0. The summed E-state index contributed by atoms with van der Waals surface area (Å²) < 4.78 is 0. The van der Waals surface area contributed by atoms with E-state index >= 15 is 0 Å². The van der Waals surface area contributed by atoms with Gasteiger partial charge in [-0.2, -0.15) is 4.89 Å². The van der Waals surface area contributed by atoms with E-state index in [0.29, 0.717) is 6.61 Å². The molecule has 98 valence electrons. The standard InChI is InChI=1S/C10H12.C5H8O3/c1-2-9-7-4-5-8(6-7)10(9)3-1;1-3-5(6)8-7-4-2/h1-2,4-5,7-10H,3,6H2;3H,1,4H2,2H3. The highest BCUT2D eigenvalue weighted by Gasteiger charge is 2.44. The summed E-state index contributed by atoms with van der Waals surface area (Å²) in [4.78, 5) is 18.5. The average molecular weight is 248 g/mol. The number of carbonyl (C=O) groups is 1. The highest BCUT2D eigenvalue weighted by atomic mass is 17.2. The maximum absolute atomic E-state index is 10.1. The van der Waals surface area contributed by atoms with Crippen LogP contribution in [-0.2, 0) is 14.6 Å². The molecule has 2 bridgehead atoms. The summed E-state index contributed by atoms with van der Waals surface area (Å²) in [6, 6.07) is 0. The average Bonchev–Trinajstić information content (AvgIpc) is 3.08. The molecule has 1 saturated carbocycles. The number of allylic oxidation sites excluding steroid dienone is 4. The molecule has 0 spiro atoms.